The van der Waals surface area contributed by atoms with E-state index in [4.69, 9.17) is 16.3 Å². The van der Waals surface area contributed by atoms with Gasteiger partial charge in [0.1, 0.15) is 22.5 Å². The molecule has 0 spiro atoms. The molecule has 2 rings (SSSR count). The zero-order chi connectivity index (χ0) is 14.7. The highest BCUT2D eigenvalue weighted by Gasteiger charge is 2.13. The number of nitrogens with zero attached hydrogens (tertiary/aromatic N) is 2. The molecule has 0 amide bonds. The monoisotopic (exact) mass is 358 g/mol. The van der Waals surface area contributed by atoms with Gasteiger partial charge in [-0.15, -0.1) is 0 Å². The third-order valence-electron chi connectivity index (χ3n) is 2.66. The minimum absolute atomic E-state index is 0.340. The Hall–Kier alpha value is -1.20. The second kappa shape index (κ2) is 6.50. The molecule has 0 saturated carbocycles. The molecule has 1 aromatic heterocycles. The number of ether oxygens (including phenoxy) is 1. The first-order chi connectivity index (χ1) is 9.51. The fourth-order valence-corrected chi connectivity index (χ4v) is 2.22. The van der Waals surface area contributed by atoms with Crippen molar-refractivity contribution in [3.05, 3.63) is 45.0 Å². The van der Waals surface area contributed by atoms with Crippen LogP contribution in [0.2, 0.25) is 5.15 Å². The van der Waals surface area contributed by atoms with E-state index < -0.39 is 0 Å². The Balaban J connectivity index is 2.37. The molecule has 0 aliphatic heterocycles. The van der Waals surface area contributed by atoms with Crippen LogP contribution >= 0.6 is 27.5 Å². The van der Waals surface area contributed by atoms with Gasteiger partial charge in [-0.05, 0) is 47.5 Å². The third-order valence-corrected chi connectivity index (χ3v) is 3.65. The topological polar surface area (TPSA) is 35.0 Å². The zero-order valence-electron chi connectivity index (χ0n) is 11.1. The molecule has 1 aromatic carbocycles. The minimum atomic E-state index is -0.340. The number of hydrogen-bond acceptors (Lipinski definition) is 3. The molecule has 3 nitrogen and oxygen atoms in total. The number of hydrogen-bond donors (Lipinski definition) is 0. The quantitative estimate of drug-likeness (QED) is 0.714. The fraction of sp³-hybridized carbons (Fsp3) is 0.286. The summed E-state index contributed by atoms with van der Waals surface area (Å²) in [7, 11) is 0. The molecule has 0 radical (unpaired) electrons. The van der Waals surface area contributed by atoms with Gasteiger partial charge in [-0.25, -0.2) is 9.37 Å². The molecule has 0 N–H and O–H groups in total. The molecule has 106 valence electrons. The number of aryl methyl sites for hydroxylation is 1. The molecule has 0 atom stereocenters. The van der Waals surface area contributed by atoms with Gasteiger partial charge in [0.25, 0.3) is 0 Å². The molecule has 0 aliphatic rings. The summed E-state index contributed by atoms with van der Waals surface area (Å²) in [5.41, 5.74) is 0.655. The number of halogens is 3. The van der Waals surface area contributed by atoms with E-state index in [-0.39, 0.29) is 5.82 Å². The van der Waals surface area contributed by atoms with E-state index in [0.717, 1.165) is 12.8 Å². The Morgan fingerprint density at radius 2 is 2.10 bits per heavy atom. The largest absolute Gasteiger partial charge is 0.437 e. The van der Waals surface area contributed by atoms with Crippen LogP contribution in [-0.4, -0.2) is 9.97 Å². The maximum absolute atomic E-state index is 13.1. The second-order valence-electron chi connectivity index (χ2n) is 4.29. The highest BCUT2D eigenvalue weighted by atomic mass is 79.9. The highest BCUT2D eigenvalue weighted by Crippen LogP contribution is 2.32. The first-order valence-corrected chi connectivity index (χ1v) is 7.34. The SMILES string of the molecule is CCCc1nc(Cl)c(C)c(Oc2ccc(F)cc2Br)n1. The van der Waals surface area contributed by atoms with E-state index in [0.29, 0.717) is 32.6 Å². The van der Waals surface area contributed by atoms with Crippen LogP contribution in [0.3, 0.4) is 0 Å². The van der Waals surface area contributed by atoms with Crippen molar-refractivity contribution in [3.63, 3.8) is 0 Å². The molecule has 6 heteroatoms. The van der Waals surface area contributed by atoms with Crippen molar-refractivity contribution in [3.8, 4) is 11.6 Å². The van der Waals surface area contributed by atoms with Gasteiger partial charge in [-0.1, -0.05) is 18.5 Å². The predicted octanol–water partition coefficient (Wildman–Crippen LogP) is 5.08. The summed E-state index contributed by atoms with van der Waals surface area (Å²) in [5.74, 6) is 1.16. The Kier molecular flexibility index (Phi) is 4.94. The molecular weight excluding hydrogens is 347 g/mol. The zero-order valence-corrected chi connectivity index (χ0v) is 13.4. The first-order valence-electron chi connectivity index (χ1n) is 6.17. The Labute approximate surface area is 130 Å². The fourth-order valence-electron chi connectivity index (χ4n) is 1.61. The van der Waals surface area contributed by atoms with E-state index in [9.17, 15) is 4.39 Å². The lowest BCUT2D eigenvalue weighted by atomic mass is 10.3. The van der Waals surface area contributed by atoms with E-state index in [1.54, 1.807) is 6.92 Å². The normalized spacial score (nSPS) is 10.7. The summed E-state index contributed by atoms with van der Waals surface area (Å²) in [4.78, 5) is 8.55. The summed E-state index contributed by atoms with van der Waals surface area (Å²) in [5, 5.41) is 0.372. The van der Waals surface area contributed by atoms with Crippen molar-refractivity contribution in [2.75, 3.05) is 0 Å². The summed E-state index contributed by atoms with van der Waals surface area (Å²) < 4.78 is 19.3. The van der Waals surface area contributed by atoms with Crippen LogP contribution in [0, 0.1) is 12.7 Å². The van der Waals surface area contributed by atoms with E-state index in [1.807, 2.05) is 6.92 Å². The first kappa shape index (κ1) is 15.2. The summed E-state index contributed by atoms with van der Waals surface area (Å²) >= 11 is 9.34. The van der Waals surface area contributed by atoms with E-state index in [1.165, 1.54) is 18.2 Å². The smallest absolute Gasteiger partial charge is 0.227 e. The lowest BCUT2D eigenvalue weighted by Gasteiger charge is -2.11. The van der Waals surface area contributed by atoms with Gasteiger partial charge in [0.05, 0.1) is 4.47 Å². The van der Waals surface area contributed by atoms with Gasteiger partial charge in [-0.2, -0.15) is 4.98 Å². The van der Waals surface area contributed by atoms with Gasteiger partial charge >= 0.3 is 0 Å². The maximum Gasteiger partial charge on any atom is 0.227 e. The Morgan fingerprint density at radius 3 is 2.75 bits per heavy atom. The predicted molar refractivity (Wildman–Crippen MR) is 79.9 cm³/mol. The van der Waals surface area contributed by atoms with Crippen LogP contribution in [0.25, 0.3) is 0 Å². The summed E-state index contributed by atoms with van der Waals surface area (Å²) in [6.07, 6.45) is 1.64. The lowest BCUT2D eigenvalue weighted by molar-refractivity contribution is 0.449. The van der Waals surface area contributed by atoms with Crippen molar-refractivity contribution < 1.29 is 9.13 Å². The van der Waals surface area contributed by atoms with Crippen LogP contribution in [0.15, 0.2) is 22.7 Å². The van der Waals surface area contributed by atoms with Gasteiger partial charge < -0.3 is 4.74 Å². The number of benzene rings is 1. The molecular formula is C14H13BrClFN2O. The van der Waals surface area contributed by atoms with Crippen LogP contribution in [0.5, 0.6) is 11.6 Å². The molecule has 1 heterocycles. The van der Waals surface area contributed by atoms with Crippen molar-refractivity contribution in [2.24, 2.45) is 0 Å². The average molecular weight is 360 g/mol. The van der Waals surface area contributed by atoms with Gasteiger partial charge in [-0.3, -0.25) is 0 Å². The lowest BCUT2D eigenvalue weighted by Crippen LogP contribution is -2.01. The summed E-state index contributed by atoms with van der Waals surface area (Å²) in [6.45, 7) is 3.82. The molecule has 0 saturated heterocycles. The molecule has 2 aromatic rings. The molecule has 0 aliphatic carbocycles. The minimum Gasteiger partial charge on any atom is -0.437 e. The van der Waals surface area contributed by atoms with Crippen LogP contribution in [-0.2, 0) is 6.42 Å². The van der Waals surface area contributed by atoms with Crippen LogP contribution in [0.1, 0.15) is 24.7 Å². The van der Waals surface area contributed by atoms with Gasteiger partial charge in [0.2, 0.25) is 5.88 Å². The summed E-state index contributed by atoms with van der Waals surface area (Å²) in [6, 6.07) is 4.19. The van der Waals surface area contributed by atoms with E-state index >= 15 is 0 Å². The number of rotatable bonds is 4. The Morgan fingerprint density at radius 1 is 1.35 bits per heavy atom. The van der Waals surface area contributed by atoms with Crippen molar-refractivity contribution in [1.29, 1.82) is 0 Å². The standard InChI is InChI=1S/C14H13BrClFN2O/c1-3-4-12-18-13(16)8(2)14(19-12)20-11-6-5-9(17)7-10(11)15/h5-7H,3-4H2,1-2H3. The number of aromatic nitrogens is 2. The highest BCUT2D eigenvalue weighted by molar-refractivity contribution is 9.10. The maximum atomic E-state index is 13.1. The van der Waals surface area contributed by atoms with Crippen LogP contribution < -0.4 is 4.74 Å². The van der Waals surface area contributed by atoms with Crippen molar-refractivity contribution in [1.82, 2.24) is 9.97 Å². The van der Waals surface area contributed by atoms with Crippen LogP contribution in [0.4, 0.5) is 4.39 Å². The van der Waals surface area contributed by atoms with Gasteiger partial charge in [0, 0.05) is 12.0 Å². The Bertz CT molecular complexity index is 637. The average Bonchev–Trinajstić information content (AvgIpc) is 2.39. The second-order valence-corrected chi connectivity index (χ2v) is 5.50. The molecule has 0 unspecified atom stereocenters. The molecule has 0 fully saturated rings. The third kappa shape index (κ3) is 3.46. The van der Waals surface area contributed by atoms with Crippen molar-refractivity contribution in [2.45, 2.75) is 26.7 Å². The molecule has 20 heavy (non-hydrogen) atoms. The van der Waals surface area contributed by atoms with Gasteiger partial charge in [0.15, 0.2) is 0 Å². The molecule has 0 bridgehead atoms. The van der Waals surface area contributed by atoms with Crippen molar-refractivity contribution >= 4 is 27.5 Å². The van der Waals surface area contributed by atoms with E-state index in [2.05, 4.69) is 25.9 Å².